The van der Waals surface area contributed by atoms with Crippen LogP contribution in [0.5, 0.6) is 0 Å². The standard InChI is InChI=1S/C22H23FN4O4S/c1-2-31-22(28)20-21(25-19-7-4-3-6-18(19)24-20)26-12-5-13-27(15-14-26)32(29,30)17-10-8-16(23)9-11-17/h3-4,6-11H,2,5,12-15H2,1H3. The number of esters is 1. The molecule has 0 bridgehead atoms. The van der Waals surface area contributed by atoms with Crippen molar-refractivity contribution in [1.29, 1.82) is 0 Å². The molecule has 0 spiro atoms. The molecule has 4 rings (SSSR count). The number of benzene rings is 2. The third kappa shape index (κ3) is 4.42. The highest BCUT2D eigenvalue weighted by Gasteiger charge is 2.29. The topological polar surface area (TPSA) is 92.7 Å². The second-order valence-corrected chi connectivity index (χ2v) is 9.24. The van der Waals surface area contributed by atoms with Gasteiger partial charge in [0.2, 0.25) is 10.0 Å². The van der Waals surface area contributed by atoms with Crippen molar-refractivity contribution < 1.29 is 22.3 Å². The molecule has 2 heterocycles. The Hall–Kier alpha value is -3.11. The summed E-state index contributed by atoms with van der Waals surface area (Å²) in [4.78, 5) is 23.6. The SMILES string of the molecule is CCOC(=O)c1nc2ccccc2nc1N1CCCN(S(=O)(=O)c2ccc(F)cc2)CC1. The molecule has 0 aliphatic carbocycles. The van der Waals surface area contributed by atoms with Crippen molar-refractivity contribution in [3.05, 3.63) is 60.0 Å². The van der Waals surface area contributed by atoms with Crippen molar-refractivity contribution in [2.24, 2.45) is 0 Å². The Kier molecular flexibility index (Phi) is 6.33. The summed E-state index contributed by atoms with van der Waals surface area (Å²) in [7, 11) is -3.77. The van der Waals surface area contributed by atoms with Gasteiger partial charge in [-0.15, -0.1) is 0 Å². The Morgan fingerprint density at radius 1 is 1.00 bits per heavy atom. The van der Waals surface area contributed by atoms with Crippen LogP contribution in [-0.2, 0) is 14.8 Å². The van der Waals surface area contributed by atoms with Crippen molar-refractivity contribution in [3.63, 3.8) is 0 Å². The highest BCUT2D eigenvalue weighted by atomic mass is 32.2. The summed E-state index contributed by atoms with van der Waals surface area (Å²) >= 11 is 0. The molecule has 1 fully saturated rings. The van der Waals surface area contributed by atoms with Gasteiger partial charge in [0.15, 0.2) is 11.5 Å². The van der Waals surface area contributed by atoms with E-state index in [-0.39, 0.29) is 23.7 Å². The maximum absolute atomic E-state index is 13.2. The van der Waals surface area contributed by atoms with E-state index in [1.165, 1.54) is 16.4 Å². The lowest BCUT2D eigenvalue weighted by Crippen LogP contribution is -2.36. The van der Waals surface area contributed by atoms with Gasteiger partial charge in [-0.05, 0) is 49.7 Å². The molecule has 32 heavy (non-hydrogen) atoms. The number of ether oxygens (including phenoxy) is 1. The average molecular weight is 459 g/mol. The van der Waals surface area contributed by atoms with E-state index in [0.29, 0.717) is 42.9 Å². The molecule has 3 aromatic rings. The third-order valence-corrected chi connectivity index (χ3v) is 7.14. The van der Waals surface area contributed by atoms with Gasteiger partial charge in [-0.2, -0.15) is 4.31 Å². The summed E-state index contributed by atoms with van der Waals surface area (Å²) < 4.78 is 45.8. The molecule has 0 saturated carbocycles. The summed E-state index contributed by atoms with van der Waals surface area (Å²) in [6, 6.07) is 12.0. The number of sulfonamides is 1. The minimum atomic E-state index is -3.77. The van der Waals surface area contributed by atoms with Gasteiger partial charge in [-0.25, -0.2) is 27.6 Å². The lowest BCUT2D eigenvalue weighted by Gasteiger charge is -2.24. The first-order chi connectivity index (χ1) is 15.4. The quantitative estimate of drug-likeness (QED) is 0.543. The van der Waals surface area contributed by atoms with Gasteiger partial charge < -0.3 is 9.64 Å². The lowest BCUT2D eigenvalue weighted by molar-refractivity contribution is 0.0520. The molecular formula is C22H23FN4O4S. The number of hydrogen-bond acceptors (Lipinski definition) is 7. The molecule has 1 aromatic heterocycles. The zero-order valence-electron chi connectivity index (χ0n) is 17.6. The molecule has 8 nitrogen and oxygen atoms in total. The number of aromatic nitrogens is 2. The molecule has 0 amide bonds. The highest BCUT2D eigenvalue weighted by molar-refractivity contribution is 7.89. The maximum Gasteiger partial charge on any atom is 0.360 e. The predicted octanol–water partition coefficient (Wildman–Crippen LogP) is 2.85. The molecule has 1 aliphatic rings. The van der Waals surface area contributed by atoms with E-state index in [1.54, 1.807) is 13.0 Å². The van der Waals surface area contributed by atoms with Gasteiger partial charge in [0.25, 0.3) is 0 Å². The molecule has 10 heteroatoms. The first-order valence-corrected chi connectivity index (χ1v) is 11.8. The fourth-order valence-corrected chi connectivity index (χ4v) is 5.12. The van der Waals surface area contributed by atoms with Crippen LogP contribution >= 0.6 is 0 Å². The first kappa shape index (κ1) is 22.1. The number of carbonyl (C=O) groups excluding carboxylic acids is 1. The molecule has 0 N–H and O–H groups in total. The summed E-state index contributed by atoms with van der Waals surface area (Å²) in [5, 5.41) is 0. The van der Waals surface area contributed by atoms with Gasteiger partial charge in [0.1, 0.15) is 5.82 Å². The van der Waals surface area contributed by atoms with Gasteiger partial charge in [-0.3, -0.25) is 0 Å². The van der Waals surface area contributed by atoms with Crippen molar-refractivity contribution in [3.8, 4) is 0 Å². The number of para-hydroxylation sites is 2. The van der Waals surface area contributed by atoms with E-state index >= 15 is 0 Å². The van der Waals surface area contributed by atoms with Crippen molar-refractivity contribution in [2.75, 3.05) is 37.7 Å². The lowest BCUT2D eigenvalue weighted by atomic mass is 10.2. The summed E-state index contributed by atoms with van der Waals surface area (Å²) in [6.45, 7) is 3.23. The van der Waals surface area contributed by atoms with Crippen molar-refractivity contribution in [1.82, 2.24) is 14.3 Å². The van der Waals surface area contributed by atoms with E-state index in [2.05, 4.69) is 9.97 Å². The largest absolute Gasteiger partial charge is 0.461 e. The van der Waals surface area contributed by atoms with Crippen LogP contribution in [0.2, 0.25) is 0 Å². The number of hydrogen-bond donors (Lipinski definition) is 0. The van der Waals surface area contributed by atoms with Crippen LogP contribution in [0.25, 0.3) is 11.0 Å². The number of nitrogens with zero attached hydrogens (tertiary/aromatic N) is 4. The zero-order chi connectivity index (χ0) is 22.7. The third-order valence-electron chi connectivity index (χ3n) is 5.23. The number of rotatable bonds is 5. The molecule has 1 aliphatic heterocycles. The molecule has 0 radical (unpaired) electrons. The van der Waals surface area contributed by atoms with E-state index in [4.69, 9.17) is 4.74 Å². The van der Waals surface area contributed by atoms with Crippen LogP contribution in [0.3, 0.4) is 0 Å². The minimum absolute atomic E-state index is 0.0464. The second-order valence-electron chi connectivity index (χ2n) is 7.30. The van der Waals surface area contributed by atoms with Gasteiger partial charge in [0.05, 0.1) is 22.5 Å². The first-order valence-electron chi connectivity index (χ1n) is 10.3. The highest BCUT2D eigenvalue weighted by Crippen LogP contribution is 2.24. The molecular weight excluding hydrogens is 435 g/mol. The van der Waals surface area contributed by atoms with Crippen LogP contribution in [-0.4, -0.2) is 61.4 Å². The summed E-state index contributed by atoms with van der Waals surface area (Å²) in [5.74, 6) is -0.684. The van der Waals surface area contributed by atoms with Gasteiger partial charge in [0, 0.05) is 26.2 Å². The van der Waals surface area contributed by atoms with Crippen LogP contribution in [0.15, 0.2) is 53.4 Å². The van der Waals surface area contributed by atoms with Crippen LogP contribution < -0.4 is 4.90 Å². The molecule has 0 unspecified atom stereocenters. The van der Waals surface area contributed by atoms with Crippen molar-refractivity contribution in [2.45, 2.75) is 18.2 Å². The maximum atomic E-state index is 13.2. The number of halogens is 1. The van der Waals surface area contributed by atoms with E-state index in [0.717, 1.165) is 12.1 Å². The Morgan fingerprint density at radius 2 is 1.69 bits per heavy atom. The normalized spacial score (nSPS) is 15.5. The average Bonchev–Trinajstić information content (AvgIpc) is 3.05. The predicted molar refractivity (Wildman–Crippen MR) is 117 cm³/mol. The van der Waals surface area contributed by atoms with Gasteiger partial charge >= 0.3 is 5.97 Å². The Morgan fingerprint density at radius 3 is 2.38 bits per heavy atom. The summed E-state index contributed by atoms with van der Waals surface area (Å²) in [6.07, 6.45) is 0.525. The Balaban J connectivity index is 1.63. The minimum Gasteiger partial charge on any atom is -0.461 e. The molecule has 2 aromatic carbocycles. The number of carbonyl (C=O) groups is 1. The van der Waals surface area contributed by atoms with Crippen molar-refractivity contribution >= 4 is 32.8 Å². The number of fused-ring (bicyclic) bond motifs is 1. The Labute approximate surface area is 185 Å². The fraction of sp³-hybridized carbons (Fsp3) is 0.318. The summed E-state index contributed by atoms with van der Waals surface area (Å²) in [5.41, 5.74) is 1.32. The van der Waals surface area contributed by atoms with E-state index in [9.17, 15) is 17.6 Å². The smallest absolute Gasteiger partial charge is 0.360 e. The Bertz CT molecular complexity index is 1230. The fourth-order valence-electron chi connectivity index (χ4n) is 3.65. The van der Waals surface area contributed by atoms with Crippen LogP contribution in [0.1, 0.15) is 23.8 Å². The zero-order valence-corrected chi connectivity index (χ0v) is 18.4. The van der Waals surface area contributed by atoms with Crippen LogP contribution in [0.4, 0.5) is 10.2 Å². The number of anilines is 1. The molecule has 168 valence electrons. The molecule has 0 atom stereocenters. The van der Waals surface area contributed by atoms with Crippen LogP contribution in [0, 0.1) is 5.82 Å². The monoisotopic (exact) mass is 458 g/mol. The second kappa shape index (κ2) is 9.17. The molecule has 1 saturated heterocycles. The van der Waals surface area contributed by atoms with E-state index < -0.39 is 21.8 Å². The van der Waals surface area contributed by atoms with Gasteiger partial charge in [-0.1, -0.05) is 12.1 Å². The van der Waals surface area contributed by atoms with E-state index in [1.807, 2.05) is 23.1 Å².